The quantitative estimate of drug-likeness (QED) is 0.769. The zero-order valence-electron chi connectivity index (χ0n) is 11.8. The Labute approximate surface area is 134 Å². The number of hydrogen-bond acceptors (Lipinski definition) is 1. The van der Waals surface area contributed by atoms with Gasteiger partial charge in [-0.05, 0) is 48.7 Å². The van der Waals surface area contributed by atoms with Crippen LogP contribution in [-0.4, -0.2) is 6.54 Å². The third-order valence-electron chi connectivity index (χ3n) is 3.47. The first kappa shape index (κ1) is 15.6. The topological polar surface area (TPSA) is 12.0 Å². The van der Waals surface area contributed by atoms with Gasteiger partial charge in [0.15, 0.2) is 0 Å². The molecular formula is C17H19BrClN. The molecule has 1 atom stereocenters. The third kappa shape index (κ3) is 3.85. The summed E-state index contributed by atoms with van der Waals surface area (Å²) >= 11 is 9.66. The van der Waals surface area contributed by atoms with Gasteiger partial charge in [0.1, 0.15) is 0 Å². The Morgan fingerprint density at radius 1 is 1.20 bits per heavy atom. The van der Waals surface area contributed by atoms with Crippen molar-refractivity contribution < 1.29 is 0 Å². The molecule has 0 fully saturated rings. The van der Waals surface area contributed by atoms with Gasteiger partial charge in [0, 0.05) is 15.5 Å². The molecule has 2 aromatic carbocycles. The van der Waals surface area contributed by atoms with Crippen LogP contribution in [0.3, 0.4) is 0 Å². The maximum Gasteiger partial charge on any atom is 0.0417 e. The Hall–Kier alpha value is -0.830. The standard InChI is InChI=1S/C17H19BrClN/c1-3-20-17(10-13-7-5-4-6-12(13)2)15-9-8-14(19)11-16(15)18/h4-9,11,17,20H,3,10H2,1-2H3. The lowest BCUT2D eigenvalue weighted by Crippen LogP contribution is -2.23. The molecule has 20 heavy (non-hydrogen) atoms. The minimum atomic E-state index is 0.285. The van der Waals surface area contributed by atoms with Crippen LogP contribution in [0.5, 0.6) is 0 Å². The van der Waals surface area contributed by atoms with E-state index in [1.165, 1.54) is 16.7 Å². The fourth-order valence-corrected chi connectivity index (χ4v) is 3.34. The molecule has 2 aromatic rings. The number of rotatable bonds is 5. The van der Waals surface area contributed by atoms with Crippen molar-refractivity contribution in [3.63, 3.8) is 0 Å². The van der Waals surface area contributed by atoms with Crippen molar-refractivity contribution >= 4 is 27.5 Å². The molecule has 2 rings (SSSR count). The van der Waals surface area contributed by atoms with Gasteiger partial charge in [0.05, 0.1) is 0 Å². The molecule has 0 radical (unpaired) electrons. The minimum absolute atomic E-state index is 0.285. The van der Waals surface area contributed by atoms with Crippen molar-refractivity contribution in [2.75, 3.05) is 6.54 Å². The minimum Gasteiger partial charge on any atom is -0.310 e. The van der Waals surface area contributed by atoms with Crippen LogP contribution in [-0.2, 0) is 6.42 Å². The molecule has 0 saturated carbocycles. The third-order valence-corrected chi connectivity index (χ3v) is 4.40. The van der Waals surface area contributed by atoms with E-state index in [0.29, 0.717) is 0 Å². The summed E-state index contributed by atoms with van der Waals surface area (Å²) in [4.78, 5) is 0. The van der Waals surface area contributed by atoms with Crippen LogP contribution in [0.25, 0.3) is 0 Å². The van der Waals surface area contributed by atoms with E-state index in [1.54, 1.807) is 0 Å². The summed E-state index contributed by atoms with van der Waals surface area (Å²) in [6, 6.07) is 14.8. The second-order valence-corrected chi connectivity index (χ2v) is 6.20. The van der Waals surface area contributed by atoms with E-state index in [1.807, 2.05) is 12.1 Å². The van der Waals surface area contributed by atoms with Gasteiger partial charge in [-0.2, -0.15) is 0 Å². The summed E-state index contributed by atoms with van der Waals surface area (Å²) in [6.45, 7) is 5.23. The molecule has 0 aliphatic carbocycles. The number of benzene rings is 2. The first-order valence-corrected chi connectivity index (χ1v) is 8.01. The zero-order valence-corrected chi connectivity index (χ0v) is 14.1. The molecule has 0 aliphatic heterocycles. The first-order valence-electron chi connectivity index (χ1n) is 6.84. The van der Waals surface area contributed by atoms with Gasteiger partial charge >= 0.3 is 0 Å². The number of likely N-dealkylation sites (N-methyl/N-ethyl adjacent to an activating group) is 1. The van der Waals surface area contributed by atoms with Gasteiger partial charge in [-0.25, -0.2) is 0 Å². The van der Waals surface area contributed by atoms with Crippen molar-refractivity contribution in [2.24, 2.45) is 0 Å². The van der Waals surface area contributed by atoms with E-state index in [0.717, 1.165) is 22.5 Å². The lowest BCUT2D eigenvalue weighted by molar-refractivity contribution is 0.547. The number of halogens is 2. The van der Waals surface area contributed by atoms with E-state index in [-0.39, 0.29) is 6.04 Å². The van der Waals surface area contributed by atoms with Crippen LogP contribution >= 0.6 is 27.5 Å². The van der Waals surface area contributed by atoms with Crippen LogP contribution in [0.2, 0.25) is 5.02 Å². The highest BCUT2D eigenvalue weighted by Crippen LogP contribution is 2.29. The predicted molar refractivity (Wildman–Crippen MR) is 90.5 cm³/mol. The monoisotopic (exact) mass is 351 g/mol. The van der Waals surface area contributed by atoms with Crippen LogP contribution in [0.15, 0.2) is 46.9 Å². The van der Waals surface area contributed by atoms with Crippen LogP contribution in [0.4, 0.5) is 0 Å². The van der Waals surface area contributed by atoms with E-state index in [4.69, 9.17) is 11.6 Å². The van der Waals surface area contributed by atoms with Crippen molar-refractivity contribution in [1.82, 2.24) is 5.32 Å². The summed E-state index contributed by atoms with van der Waals surface area (Å²) in [5, 5.41) is 4.32. The molecule has 0 spiro atoms. The molecule has 0 bridgehead atoms. The van der Waals surface area contributed by atoms with E-state index >= 15 is 0 Å². The molecule has 1 unspecified atom stereocenters. The van der Waals surface area contributed by atoms with Gasteiger partial charge in [0.2, 0.25) is 0 Å². The normalized spacial score (nSPS) is 12.4. The maximum atomic E-state index is 6.03. The molecule has 1 nitrogen and oxygen atoms in total. The average molecular weight is 353 g/mol. The predicted octanol–water partition coefficient (Wildman–Crippen LogP) is 5.30. The lowest BCUT2D eigenvalue weighted by Gasteiger charge is -2.21. The van der Waals surface area contributed by atoms with Gasteiger partial charge in [0.25, 0.3) is 0 Å². The van der Waals surface area contributed by atoms with Gasteiger partial charge in [-0.1, -0.05) is 64.8 Å². The second kappa shape index (κ2) is 7.26. The summed E-state index contributed by atoms with van der Waals surface area (Å²) in [5.74, 6) is 0. The molecule has 0 saturated heterocycles. The smallest absolute Gasteiger partial charge is 0.0417 e. The van der Waals surface area contributed by atoms with Gasteiger partial charge in [-0.15, -0.1) is 0 Å². The summed E-state index contributed by atoms with van der Waals surface area (Å²) in [7, 11) is 0. The maximum absolute atomic E-state index is 6.03. The Bertz CT molecular complexity index is 583. The van der Waals surface area contributed by atoms with Crippen LogP contribution in [0, 0.1) is 6.92 Å². The average Bonchev–Trinajstić information content (AvgIpc) is 2.41. The molecular weight excluding hydrogens is 334 g/mol. The fraction of sp³-hybridized carbons (Fsp3) is 0.294. The Morgan fingerprint density at radius 3 is 2.60 bits per heavy atom. The van der Waals surface area contributed by atoms with E-state index < -0.39 is 0 Å². The molecule has 0 aromatic heterocycles. The van der Waals surface area contributed by atoms with Gasteiger partial charge in [-0.3, -0.25) is 0 Å². The number of hydrogen-bond donors (Lipinski definition) is 1. The van der Waals surface area contributed by atoms with Crippen LogP contribution < -0.4 is 5.32 Å². The molecule has 0 amide bonds. The second-order valence-electron chi connectivity index (χ2n) is 4.91. The molecule has 3 heteroatoms. The Kier molecular flexibility index (Phi) is 5.64. The van der Waals surface area contributed by atoms with Gasteiger partial charge < -0.3 is 5.32 Å². The lowest BCUT2D eigenvalue weighted by atomic mass is 9.96. The van der Waals surface area contributed by atoms with Crippen molar-refractivity contribution in [3.8, 4) is 0 Å². The van der Waals surface area contributed by atoms with Crippen molar-refractivity contribution in [2.45, 2.75) is 26.3 Å². The number of aryl methyl sites for hydroxylation is 1. The Morgan fingerprint density at radius 2 is 1.95 bits per heavy atom. The first-order chi connectivity index (χ1) is 9.61. The van der Waals surface area contributed by atoms with Crippen molar-refractivity contribution in [3.05, 3.63) is 68.7 Å². The Balaban J connectivity index is 2.29. The number of nitrogens with one attached hydrogen (secondary N) is 1. The highest BCUT2D eigenvalue weighted by molar-refractivity contribution is 9.10. The van der Waals surface area contributed by atoms with E-state index in [9.17, 15) is 0 Å². The molecule has 0 heterocycles. The van der Waals surface area contributed by atoms with E-state index in [2.05, 4.69) is 65.4 Å². The summed E-state index contributed by atoms with van der Waals surface area (Å²) in [5.41, 5.74) is 3.96. The molecule has 0 aliphatic rings. The van der Waals surface area contributed by atoms with Crippen LogP contribution in [0.1, 0.15) is 29.7 Å². The highest BCUT2D eigenvalue weighted by atomic mass is 79.9. The largest absolute Gasteiger partial charge is 0.310 e. The highest BCUT2D eigenvalue weighted by Gasteiger charge is 2.15. The van der Waals surface area contributed by atoms with Crippen molar-refractivity contribution in [1.29, 1.82) is 0 Å². The summed E-state index contributed by atoms with van der Waals surface area (Å²) in [6.07, 6.45) is 0.973. The molecule has 1 N–H and O–H groups in total. The summed E-state index contributed by atoms with van der Waals surface area (Å²) < 4.78 is 1.06. The SMILES string of the molecule is CCNC(Cc1ccccc1C)c1ccc(Cl)cc1Br. The fourth-order valence-electron chi connectivity index (χ4n) is 2.38. The zero-order chi connectivity index (χ0) is 14.5. The molecule has 106 valence electrons.